The van der Waals surface area contributed by atoms with Gasteiger partial charge in [0.05, 0.1) is 10.2 Å². The van der Waals surface area contributed by atoms with Crippen molar-refractivity contribution in [3.8, 4) is 5.75 Å². The van der Waals surface area contributed by atoms with E-state index in [2.05, 4.69) is 0 Å². The first-order valence-electron chi connectivity index (χ1n) is 5.84. The smallest absolute Gasteiger partial charge is 0.335 e. The Morgan fingerprint density at radius 2 is 2.11 bits per heavy atom. The molecule has 0 saturated carbocycles. The number of phenols is 1. The molecule has 1 rings (SSSR count). The number of carbonyl (C=O) groups excluding carboxylic acids is 1. The molecule has 4 nitrogen and oxygen atoms in total. The minimum Gasteiger partial charge on any atom is -0.507 e. The van der Waals surface area contributed by atoms with Crippen molar-refractivity contribution in [2.45, 2.75) is 26.4 Å². The van der Waals surface area contributed by atoms with Gasteiger partial charge in [-0.1, -0.05) is 6.07 Å². The average Bonchev–Trinajstić information content (AvgIpc) is 2.33. The first-order valence-corrected chi connectivity index (χ1v) is 6.92. The SMILES string of the molecule is CCOC(=O)[C@H](Cc1ccc(O)c(I)c1)OCC. The van der Waals surface area contributed by atoms with Crippen LogP contribution in [0, 0.1) is 3.57 Å². The van der Waals surface area contributed by atoms with Gasteiger partial charge < -0.3 is 14.6 Å². The molecule has 1 aromatic carbocycles. The number of hydrogen-bond acceptors (Lipinski definition) is 4. The van der Waals surface area contributed by atoms with Crippen molar-refractivity contribution < 1.29 is 19.4 Å². The summed E-state index contributed by atoms with van der Waals surface area (Å²) in [6.07, 6.45) is -0.140. The third-order valence-corrected chi connectivity index (χ3v) is 3.21. The number of aromatic hydroxyl groups is 1. The Bertz CT molecular complexity index is 406. The second-order valence-electron chi connectivity index (χ2n) is 3.69. The average molecular weight is 364 g/mol. The van der Waals surface area contributed by atoms with Gasteiger partial charge in [0.2, 0.25) is 0 Å². The van der Waals surface area contributed by atoms with E-state index in [1.807, 2.05) is 35.6 Å². The molecule has 18 heavy (non-hydrogen) atoms. The fraction of sp³-hybridized carbons (Fsp3) is 0.462. The molecule has 0 heterocycles. The van der Waals surface area contributed by atoms with Crippen molar-refractivity contribution in [1.82, 2.24) is 0 Å². The van der Waals surface area contributed by atoms with Gasteiger partial charge >= 0.3 is 5.97 Å². The highest BCUT2D eigenvalue weighted by atomic mass is 127. The molecule has 0 spiro atoms. The van der Waals surface area contributed by atoms with E-state index < -0.39 is 6.10 Å². The summed E-state index contributed by atoms with van der Waals surface area (Å²) >= 11 is 2.05. The Balaban J connectivity index is 2.76. The minimum absolute atomic E-state index is 0.239. The summed E-state index contributed by atoms with van der Waals surface area (Å²) in [6.45, 7) is 4.41. The molecule has 0 aliphatic rings. The highest BCUT2D eigenvalue weighted by Crippen LogP contribution is 2.21. The molecule has 100 valence electrons. The van der Waals surface area contributed by atoms with Crippen LogP contribution in [0.3, 0.4) is 0 Å². The molecular weight excluding hydrogens is 347 g/mol. The third kappa shape index (κ3) is 4.45. The predicted octanol–water partition coefficient (Wildman–Crippen LogP) is 2.51. The predicted molar refractivity (Wildman–Crippen MR) is 76.6 cm³/mol. The highest BCUT2D eigenvalue weighted by molar-refractivity contribution is 14.1. The first-order chi connectivity index (χ1) is 8.58. The summed E-state index contributed by atoms with van der Waals surface area (Å²) in [5.74, 6) is -0.106. The molecular formula is C13H17IO4. The number of benzene rings is 1. The van der Waals surface area contributed by atoms with Crippen molar-refractivity contribution in [3.63, 3.8) is 0 Å². The van der Waals surface area contributed by atoms with Crippen LogP contribution in [0.4, 0.5) is 0 Å². The Kier molecular flexibility index (Phi) is 6.42. The third-order valence-electron chi connectivity index (χ3n) is 2.35. The van der Waals surface area contributed by atoms with Gasteiger partial charge in [-0.3, -0.25) is 0 Å². The van der Waals surface area contributed by atoms with Crippen LogP contribution >= 0.6 is 22.6 Å². The van der Waals surface area contributed by atoms with E-state index in [9.17, 15) is 9.90 Å². The maximum atomic E-state index is 11.7. The lowest BCUT2D eigenvalue weighted by atomic mass is 10.1. The van der Waals surface area contributed by atoms with Crippen molar-refractivity contribution >= 4 is 28.6 Å². The maximum absolute atomic E-state index is 11.7. The highest BCUT2D eigenvalue weighted by Gasteiger charge is 2.20. The fourth-order valence-corrected chi connectivity index (χ4v) is 2.12. The van der Waals surface area contributed by atoms with Gasteiger partial charge in [-0.05, 0) is 54.1 Å². The monoisotopic (exact) mass is 364 g/mol. The molecule has 5 heteroatoms. The van der Waals surface area contributed by atoms with Gasteiger partial charge in [-0.2, -0.15) is 0 Å². The van der Waals surface area contributed by atoms with E-state index in [0.717, 1.165) is 9.13 Å². The Labute approximate surface area is 120 Å². The lowest BCUT2D eigenvalue weighted by Gasteiger charge is -2.15. The second-order valence-corrected chi connectivity index (χ2v) is 4.85. The molecule has 1 atom stereocenters. The zero-order chi connectivity index (χ0) is 13.5. The van der Waals surface area contributed by atoms with Crippen molar-refractivity contribution in [3.05, 3.63) is 27.3 Å². The normalized spacial score (nSPS) is 12.2. The van der Waals surface area contributed by atoms with Crippen LogP contribution in [0.1, 0.15) is 19.4 Å². The number of esters is 1. The molecule has 0 bridgehead atoms. The number of ether oxygens (including phenoxy) is 2. The standard InChI is InChI=1S/C13H17IO4/c1-3-17-12(13(16)18-4-2)8-9-5-6-11(15)10(14)7-9/h5-7,12,15H,3-4,8H2,1-2H3/t12-/m0/s1. The molecule has 0 aliphatic heterocycles. The lowest BCUT2D eigenvalue weighted by Crippen LogP contribution is -2.29. The van der Waals surface area contributed by atoms with E-state index >= 15 is 0 Å². The number of halogens is 1. The van der Waals surface area contributed by atoms with E-state index in [4.69, 9.17) is 9.47 Å². The van der Waals surface area contributed by atoms with Crippen LogP contribution in [0.5, 0.6) is 5.75 Å². The van der Waals surface area contributed by atoms with Crippen LogP contribution < -0.4 is 0 Å². The van der Waals surface area contributed by atoms with Gasteiger partial charge in [0, 0.05) is 13.0 Å². The number of hydrogen-bond donors (Lipinski definition) is 1. The Hall–Kier alpha value is -0.820. The van der Waals surface area contributed by atoms with Gasteiger partial charge in [0.1, 0.15) is 5.75 Å². The van der Waals surface area contributed by atoms with Crippen LogP contribution in [0.15, 0.2) is 18.2 Å². The van der Waals surface area contributed by atoms with Crippen LogP contribution in [-0.2, 0) is 20.7 Å². The van der Waals surface area contributed by atoms with Gasteiger partial charge in [0.15, 0.2) is 6.10 Å². The molecule has 0 fully saturated rings. The zero-order valence-corrected chi connectivity index (χ0v) is 12.6. The molecule has 0 amide bonds. The van der Waals surface area contributed by atoms with Crippen LogP contribution in [0.2, 0.25) is 0 Å². The number of rotatable bonds is 6. The molecule has 0 radical (unpaired) electrons. The van der Waals surface area contributed by atoms with E-state index in [-0.39, 0.29) is 11.7 Å². The second kappa shape index (κ2) is 7.58. The topological polar surface area (TPSA) is 55.8 Å². The largest absolute Gasteiger partial charge is 0.507 e. The molecule has 0 unspecified atom stereocenters. The maximum Gasteiger partial charge on any atom is 0.335 e. The summed E-state index contributed by atoms with van der Waals surface area (Å²) in [7, 11) is 0. The number of phenolic OH excluding ortho intramolecular Hbond substituents is 1. The summed E-state index contributed by atoms with van der Waals surface area (Å²) in [4.78, 5) is 11.7. The van der Waals surface area contributed by atoms with E-state index in [0.29, 0.717) is 19.6 Å². The Morgan fingerprint density at radius 3 is 2.67 bits per heavy atom. The van der Waals surface area contributed by atoms with Crippen molar-refractivity contribution in [2.24, 2.45) is 0 Å². The molecule has 1 aromatic rings. The molecule has 1 N–H and O–H groups in total. The van der Waals surface area contributed by atoms with Crippen molar-refractivity contribution in [1.29, 1.82) is 0 Å². The first kappa shape index (κ1) is 15.2. The van der Waals surface area contributed by atoms with E-state index in [1.165, 1.54) is 0 Å². The molecule has 0 aromatic heterocycles. The zero-order valence-electron chi connectivity index (χ0n) is 10.5. The van der Waals surface area contributed by atoms with Crippen molar-refractivity contribution in [2.75, 3.05) is 13.2 Å². The van der Waals surface area contributed by atoms with Crippen LogP contribution in [-0.4, -0.2) is 30.4 Å². The summed E-state index contributed by atoms with van der Waals surface area (Å²) < 4.78 is 11.1. The summed E-state index contributed by atoms with van der Waals surface area (Å²) in [5, 5.41) is 9.44. The quantitative estimate of drug-likeness (QED) is 0.623. The van der Waals surface area contributed by atoms with Gasteiger partial charge in [-0.25, -0.2) is 4.79 Å². The fourth-order valence-electron chi connectivity index (χ4n) is 1.54. The summed E-state index contributed by atoms with van der Waals surface area (Å²) in [6, 6.07) is 5.23. The van der Waals surface area contributed by atoms with E-state index in [1.54, 1.807) is 19.1 Å². The summed E-state index contributed by atoms with van der Waals surface area (Å²) in [5.41, 5.74) is 0.934. The minimum atomic E-state index is -0.588. The Morgan fingerprint density at radius 1 is 1.39 bits per heavy atom. The van der Waals surface area contributed by atoms with Gasteiger partial charge in [0.25, 0.3) is 0 Å². The van der Waals surface area contributed by atoms with Gasteiger partial charge in [-0.15, -0.1) is 0 Å². The van der Waals surface area contributed by atoms with Crippen LogP contribution in [0.25, 0.3) is 0 Å². The molecule has 0 saturated heterocycles. The molecule has 0 aliphatic carbocycles. The number of carbonyl (C=O) groups is 1. The lowest BCUT2D eigenvalue weighted by molar-refractivity contribution is -0.156.